The van der Waals surface area contributed by atoms with Crippen LogP contribution in [0.5, 0.6) is 17.2 Å². The van der Waals surface area contributed by atoms with Gasteiger partial charge >= 0.3 is 5.97 Å². The molecule has 0 aliphatic rings. The van der Waals surface area contributed by atoms with Crippen LogP contribution in [-0.2, 0) is 4.79 Å². The molecule has 1 aromatic carbocycles. The summed E-state index contributed by atoms with van der Waals surface area (Å²) in [4.78, 5) is 11.8. The number of phenols is 2. The van der Waals surface area contributed by atoms with Gasteiger partial charge in [0.2, 0.25) is 0 Å². The lowest BCUT2D eigenvalue weighted by Crippen LogP contribution is -2.07. The number of hydrogen-bond donors (Lipinski definition) is 2. The minimum absolute atomic E-state index is 0.117. The van der Waals surface area contributed by atoms with Gasteiger partial charge in [-0.2, -0.15) is 0 Å². The van der Waals surface area contributed by atoms with E-state index in [2.05, 4.69) is 6.92 Å². The number of hydrogen-bond acceptors (Lipinski definition) is 4. The number of aromatic hydroxyl groups is 2. The number of phenolic OH excluding ortho intramolecular Hbond substituents is 2. The number of esters is 1. The molecule has 0 atom stereocenters. The molecule has 1 rings (SSSR count). The number of carbonyl (C=O) groups is 1. The molecule has 0 spiro atoms. The van der Waals surface area contributed by atoms with Crippen LogP contribution in [0.3, 0.4) is 0 Å². The number of rotatable bonds is 15. The first kappa shape index (κ1) is 22.3. The fourth-order valence-corrected chi connectivity index (χ4v) is 3.10. The van der Waals surface area contributed by atoms with Gasteiger partial charge in [0.15, 0.2) is 0 Å². The van der Waals surface area contributed by atoms with Crippen molar-refractivity contribution < 1.29 is 19.7 Å². The van der Waals surface area contributed by atoms with E-state index in [-0.39, 0.29) is 23.2 Å². The quantitative estimate of drug-likeness (QED) is 0.212. The second-order valence-corrected chi connectivity index (χ2v) is 7.15. The molecular formula is C22H36O4. The highest BCUT2D eigenvalue weighted by Crippen LogP contribution is 2.26. The topological polar surface area (TPSA) is 66.8 Å². The highest BCUT2D eigenvalue weighted by atomic mass is 16.5. The third kappa shape index (κ3) is 11.8. The molecule has 148 valence electrons. The van der Waals surface area contributed by atoms with Gasteiger partial charge in [-0.05, 0) is 6.42 Å². The smallest absolute Gasteiger partial charge is 0.311 e. The molecule has 0 saturated heterocycles. The molecule has 0 amide bonds. The zero-order chi connectivity index (χ0) is 19.0. The average Bonchev–Trinajstić information content (AvgIpc) is 2.58. The maximum absolute atomic E-state index is 11.8. The minimum atomic E-state index is -0.321. The van der Waals surface area contributed by atoms with E-state index in [9.17, 15) is 15.0 Å². The van der Waals surface area contributed by atoms with Gasteiger partial charge in [0, 0.05) is 24.6 Å². The first-order chi connectivity index (χ1) is 12.6. The zero-order valence-corrected chi connectivity index (χ0v) is 16.3. The summed E-state index contributed by atoms with van der Waals surface area (Å²) in [6, 6.07) is 3.84. The molecule has 0 fully saturated rings. The summed E-state index contributed by atoms with van der Waals surface area (Å²) in [7, 11) is 0. The third-order valence-electron chi connectivity index (χ3n) is 4.59. The van der Waals surface area contributed by atoms with E-state index in [1.165, 1.54) is 82.4 Å². The predicted molar refractivity (Wildman–Crippen MR) is 106 cm³/mol. The second kappa shape index (κ2) is 14.5. The van der Waals surface area contributed by atoms with E-state index in [4.69, 9.17) is 4.74 Å². The van der Waals surface area contributed by atoms with Crippen molar-refractivity contribution in [1.29, 1.82) is 0 Å². The predicted octanol–water partition coefficient (Wildman–Crippen LogP) is 6.48. The third-order valence-corrected chi connectivity index (χ3v) is 4.59. The van der Waals surface area contributed by atoms with Crippen molar-refractivity contribution in [3.8, 4) is 17.2 Å². The van der Waals surface area contributed by atoms with Crippen LogP contribution in [0, 0.1) is 0 Å². The molecule has 4 heteroatoms. The maximum Gasteiger partial charge on any atom is 0.311 e. The fourth-order valence-electron chi connectivity index (χ4n) is 3.10. The van der Waals surface area contributed by atoms with Crippen LogP contribution in [-0.4, -0.2) is 16.2 Å². The molecule has 0 aliphatic carbocycles. The van der Waals surface area contributed by atoms with Crippen LogP contribution in [0.1, 0.15) is 96.8 Å². The van der Waals surface area contributed by atoms with E-state index in [0.717, 1.165) is 19.3 Å². The Morgan fingerprint density at radius 2 is 1.15 bits per heavy atom. The van der Waals surface area contributed by atoms with Crippen LogP contribution in [0.25, 0.3) is 0 Å². The monoisotopic (exact) mass is 364 g/mol. The normalized spacial score (nSPS) is 10.8. The number of benzene rings is 1. The summed E-state index contributed by atoms with van der Waals surface area (Å²) >= 11 is 0. The van der Waals surface area contributed by atoms with Gasteiger partial charge in [0.1, 0.15) is 17.2 Å². The molecule has 0 radical (unpaired) electrons. The van der Waals surface area contributed by atoms with Gasteiger partial charge in [0.05, 0.1) is 0 Å². The van der Waals surface area contributed by atoms with Crippen LogP contribution in [0.15, 0.2) is 18.2 Å². The first-order valence-corrected chi connectivity index (χ1v) is 10.4. The highest BCUT2D eigenvalue weighted by molar-refractivity contribution is 5.72. The zero-order valence-electron chi connectivity index (χ0n) is 16.3. The van der Waals surface area contributed by atoms with Gasteiger partial charge in [0.25, 0.3) is 0 Å². The lowest BCUT2D eigenvalue weighted by Gasteiger charge is -2.06. The van der Waals surface area contributed by atoms with Crippen molar-refractivity contribution in [2.45, 2.75) is 96.8 Å². The van der Waals surface area contributed by atoms with E-state index in [1.807, 2.05) is 0 Å². The molecule has 26 heavy (non-hydrogen) atoms. The molecule has 4 nitrogen and oxygen atoms in total. The molecule has 1 aromatic rings. The Morgan fingerprint density at radius 3 is 1.62 bits per heavy atom. The van der Waals surface area contributed by atoms with Crippen molar-refractivity contribution >= 4 is 5.97 Å². The Balaban J connectivity index is 1.91. The van der Waals surface area contributed by atoms with Crippen LogP contribution in [0.2, 0.25) is 0 Å². The SMILES string of the molecule is CCCCCCCCCCCCCCCC(=O)Oc1cc(O)cc(O)c1. The van der Waals surface area contributed by atoms with Crippen molar-refractivity contribution in [3.63, 3.8) is 0 Å². The fraction of sp³-hybridized carbons (Fsp3) is 0.682. The second-order valence-electron chi connectivity index (χ2n) is 7.15. The van der Waals surface area contributed by atoms with E-state index in [0.29, 0.717) is 6.42 Å². The van der Waals surface area contributed by atoms with E-state index in [1.54, 1.807) is 0 Å². The molecule has 0 saturated carbocycles. The molecule has 0 aromatic heterocycles. The Labute approximate surface area is 158 Å². The van der Waals surface area contributed by atoms with Gasteiger partial charge in [-0.15, -0.1) is 0 Å². The van der Waals surface area contributed by atoms with Gasteiger partial charge in [-0.25, -0.2) is 0 Å². The number of ether oxygens (including phenoxy) is 1. The Bertz CT molecular complexity index is 479. The summed E-state index contributed by atoms with van der Waals surface area (Å²) < 4.78 is 5.12. The average molecular weight is 365 g/mol. The van der Waals surface area contributed by atoms with Crippen molar-refractivity contribution in [2.75, 3.05) is 0 Å². The van der Waals surface area contributed by atoms with Crippen molar-refractivity contribution in [2.24, 2.45) is 0 Å². The van der Waals surface area contributed by atoms with Crippen molar-refractivity contribution in [1.82, 2.24) is 0 Å². The van der Waals surface area contributed by atoms with Crippen molar-refractivity contribution in [3.05, 3.63) is 18.2 Å². The standard InChI is InChI=1S/C22H36O4/c1-2-3-4-5-6-7-8-9-10-11-12-13-14-15-22(25)26-21-17-19(23)16-20(24)18-21/h16-18,23-24H,2-15H2,1H3. The lowest BCUT2D eigenvalue weighted by molar-refractivity contribution is -0.134. The first-order valence-electron chi connectivity index (χ1n) is 10.4. The van der Waals surface area contributed by atoms with Crippen LogP contribution in [0.4, 0.5) is 0 Å². The molecule has 0 bridgehead atoms. The largest absolute Gasteiger partial charge is 0.508 e. The Morgan fingerprint density at radius 1 is 0.731 bits per heavy atom. The van der Waals surface area contributed by atoms with E-state index < -0.39 is 0 Å². The molecule has 0 unspecified atom stereocenters. The lowest BCUT2D eigenvalue weighted by atomic mass is 10.0. The number of unbranched alkanes of at least 4 members (excludes halogenated alkanes) is 12. The molecule has 2 N–H and O–H groups in total. The summed E-state index contributed by atoms with van der Waals surface area (Å²) in [6.45, 7) is 2.25. The van der Waals surface area contributed by atoms with Gasteiger partial charge < -0.3 is 14.9 Å². The van der Waals surface area contributed by atoms with Gasteiger partial charge in [-0.3, -0.25) is 4.79 Å². The Hall–Kier alpha value is -1.71. The van der Waals surface area contributed by atoms with Crippen LogP contribution >= 0.6 is 0 Å². The summed E-state index contributed by atoms with van der Waals surface area (Å²) in [5.41, 5.74) is 0. The summed E-state index contributed by atoms with van der Waals surface area (Å²) in [5, 5.41) is 18.7. The molecule has 0 heterocycles. The molecular weight excluding hydrogens is 328 g/mol. The highest BCUT2D eigenvalue weighted by Gasteiger charge is 2.07. The number of carbonyl (C=O) groups excluding carboxylic acids is 1. The molecule has 0 aliphatic heterocycles. The van der Waals surface area contributed by atoms with E-state index >= 15 is 0 Å². The maximum atomic E-state index is 11.8. The minimum Gasteiger partial charge on any atom is -0.508 e. The summed E-state index contributed by atoms with van der Waals surface area (Å²) in [6.07, 6.45) is 16.9. The Kier molecular flexibility index (Phi) is 12.4. The van der Waals surface area contributed by atoms with Crippen LogP contribution < -0.4 is 4.74 Å². The summed E-state index contributed by atoms with van der Waals surface area (Å²) in [5.74, 6) is -0.372. The van der Waals surface area contributed by atoms with Gasteiger partial charge in [-0.1, -0.05) is 84.0 Å².